The molecule has 4 rings (SSSR count). The van der Waals surface area contributed by atoms with Gasteiger partial charge in [-0.15, -0.1) is 11.3 Å². The van der Waals surface area contributed by atoms with E-state index in [4.69, 9.17) is 20.4 Å². The number of nitrogens with zero attached hydrogens (tertiary/aromatic N) is 2. The van der Waals surface area contributed by atoms with Crippen LogP contribution in [0, 0.1) is 0 Å². The Morgan fingerprint density at radius 1 is 1.33 bits per heavy atom. The maximum Gasteiger partial charge on any atom is 0.240 e. The molecule has 1 aromatic carbocycles. The van der Waals surface area contributed by atoms with Crippen LogP contribution < -0.4 is 11.1 Å². The third-order valence-corrected chi connectivity index (χ3v) is 5.62. The van der Waals surface area contributed by atoms with Gasteiger partial charge in [-0.3, -0.25) is 4.79 Å². The first kappa shape index (κ1) is 17.9. The van der Waals surface area contributed by atoms with E-state index in [0.717, 1.165) is 40.0 Å². The lowest BCUT2D eigenvalue weighted by Crippen LogP contribution is -2.36. The van der Waals surface area contributed by atoms with Gasteiger partial charge in [0.1, 0.15) is 22.5 Å². The molecule has 1 unspecified atom stereocenters. The third kappa shape index (κ3) is 3.79. The SMILES string of the molecule is COCCC(Nc1nc(C2CC2)nc2scc(-c3ccccc3)c12)C(N)=O. The summed E-state index contributed by atoms with van der Waals surface area (Å²) in [5.74, 6) is 1.54. The lowest BCUT2D eigenvalue weighted by atomic mass is 10.1. The van der Waals surface area contributed by atoms with Crippen molar-refractivity contribution in [2.45, 2.75) is 31.2 Å². The Bertz CT molecular complexity index is 953. The fourth-order valence-electron chi connectivity index (χ4n) is 3.10. The molecule has 3 aromatic rings. The summed E-state index contributed by atoms with van der Waals surface area (Å²) >= 11 is 1.60. The number of carbonyl (C=O) groups is 1. The van der Waals surface area contributed by atoms with Gasteiger partial charge in [0.05, 0.1) is 5.39 Å². The van der Waals surface area contributed by atoms with E-state index in [1.165, 1.54) is 0 Å². The summed E-state index contributed by atoms with van der Waals surface area (Å²) in [7, 11) is 1.61. The lowest BCUT2D eigenvalue weighted by Gasteiger charge is -2.17. The van der Waals surface area contributed by atoms with E-state index in [1.54, 1.807) is 18.4 Å². The number of nitrogens with two attached hydrogens (primary N) is 1. The summed E-state index contributed by atoms with van der Waals surface area (Å²) in [6.07, 6.45) is 2.72. The molecule has 3 N–H and O–H groups in total. The summed E-state index contributed by atoms with van der Waals surface area (Å²) in [5.41, 5.74) is 7.77. The number of hydrogen-bond acceptors (Lipinski definition) is 6. The first-order chi connectivity index (χ1) is 13.2. The second-order valence-corrected chi connectivity index (χ2v) is 7.64. The Balaban J connectivity index is 1.80. The van der Waals surface area contributed by atoms with Crippen molar-refractivity contribution in [1.82, 2.24) is 9.97 Å². The number of hydrogen-bond donors (Lipinski definition) is 2. The van der Waals surface area contributed by atoms with E-state index in [2.05, 4.69) is 22.8 Å². The molecule has 1 fully saturated rings. The van der Waals surface area contributed by atoms with Gasteiger partial charge in [-0.05, 0) is 24.8 Å². The Morgan fingerprint density at radius 2 is 2.11 bits per heavy atom. The van der Waals surface area contributed by atoms with Gasteiger partial charge in [0, 0.05) is 30.6 Å². The van der Waals surface area contributed by atoms with Crippen LogP contribution in [0.25, 0.3) is 21.3 Å². The van der Waals surface area contributed by atoms with E-state index in [1.807, 2.05) is 18.2 Å². The number of nitrogens with one attached hydrogen (secondary N) is 1. The molecule has 2 heterocycles. The Labute approximate surface area is 161 Å². The quantitative estimate of drug-likeness (QED) is 0.622. The molecular weight excluding hydrogens is 360 g/mol. The van der Waals surface area contributed by atoms with Gasteiger partial charge in [0.2, 0.25) is 5.91 Å². The number of aromatic nitrogens is 2. The fourth-order valence-corrected chi connectivity index (χ4v) is 4.06. The molecule has 1 saturated carbocycles. The summed E-state index contributed by atoms with van der Waals surface area (Å²) < 4.78 is 5.12. The monoisotopic (exact) mass is 382 g/mol. The van der Waals surface area contributed by atoms with Crippen molar-refractivity contribution in [2.24, 2.45) is 5.73 Å². The highest BCUT2D eigenvalue weighted by atomic mass is 32.1. The molecule has 0 spiro atoms. The van der Waals surface area contributed by atoms with Crippen LogP contribution in [0.15, 0.2) is 35.7 Å². The Morgan fingerprint density at radius 3 is 2.78 bits per heavy atom. The number of benzene rings is 1. The maximum atomic E-state index is 11.9. The smallest absolute Gasteiger partial charge is 0.240 e. The van der Waals surface area contributed by atoms with E-state index in [0.29, 0.717) is 24.8 Å². The second kappa shape index (κ2) is 7.62. The van der Waals surface area contributed by atoms with Gasteiger partial charge in [-0.25, -0.2) is 9.97 Å². The zero-order chi connectivity index (χ0) is 18.8. The normalized spacial score (nSPS) is 15.0. The van der Waals surface area contributed by atoms with Crippen LogP contribution >= 0.6 is 11.3 Å². The molecule has 7 heteroatoms. The van der Waals surface area contributed by atoms with Crippen molar-refractivity contribution in [3.05, 3.63) is 41.5 Å². The van der Waals surface area contributed by atoms with Crippen molar-refractivity contribution in [2.75, 3.05) is 19.0 Å². The fraction of sp³-hybridized carbons (Fsp3) is 0.350. The minimum Gasteiger partial charge on any atom is -0.385 e. The Hall–Kier alpha value is -2.51. The first-order valence-corrected chi connectivity index (χ1v) is 9.94. The molecule has 27 heavy (non-hydrogen) atoms. The van der Waals surface area contributed by atoms with Crippen LogP contribution in [-0.2, 0) is 9.53 Å². The number of anilines is 1. The van der Waals surface area contributed by atoms with Crippen molar-refractivity contribution >= 4 is 33.3 Å². The first-order valence-electron chi connectivity index (χ1n) is 9.06. The number of rotatable bonds is 8. The predicted octanol–water partition coefficient (Wildman–Crippen LogP) is 3.54. The molecule has 0 aliphatic heterocycles. The van der Waals surface area contributed by atoms with Gasteiger partial charge in [0.15, 0.2) is 0 Å². The molecule has 1 aliphatic rings. The van der Waals surface area contributed by atoms with Crippen LogP contribution in [0.1, 0.15) is 31.0 Å². The summed E-state index contributed by atoms with van der Waals surface area (Å²) in [5, 5.41) is 6.32. The highest BCUT2D eigenvalue weighted by Crippen LogP contribution is 2.42. The standard InChI is InChI=1S/C20H22N4O2S/c1-26-10-9-15(17(21)25)22-19-16-14(12-5-3-2-4-6-12)11-27-20(16)24-18(23-19)13-7-8-13/h2-6,11,13,15H,7-10H2,1H3,(H2,21,25)(H,22,23,24). The zero-order valence-electron chi connectivity index (χ0n) is 15.1. The topological polar surface area (TPSA) is 90.1 Å². The summed E-state index contributed by atoms with van der Waals surface area (Å²) in [4.78, 5) is 22.4. The number of amides is 1. The van der Waals surface area contributed by atoms with Gasteiger partial charge in [-0.1, -0.05) is 30.3 Å². The highest BCUT2D eigenvalue weighted by Gasteiger charge is 2.29. The van der Waals surface area contributed by atoms with Crippen molar-refractivity contribution < 1.29 is 9.53 Å². The molecule has 140 valence electrons. The molecule has 0 radical (unpaired) electrons. The average Bonchev–Trinajstić information content (AvgIpc) is 3.44. The number of ether oxygens (including phenoxy) is 1. The van der Waals surface area contributed by atoms with Crippen LogP contribution in [0.2, 0.25) is 0 Å². The molecule has 6 nitrogen and oxygen atoms in total. The number of fused-ring (bicyclic) bond motifs is 1. The third-order valence-electron chi connectivity index (χ3n) is 4.74. The van der Waals surface area contributed by atoms with Gasteiger partial charge in [0.25, 0.3) is 0 Å². The zero-order valence-corrected chi connectivity index (χ0v) is 16.0. The number of primary amides is 1. The van der Waals surface area contributed by atoms with E-state index >= 15 is 0 Å². The van der Waals surface area contributed by atoms with Crippen molar-refractivity contribution in [3.8, 4) is 11.1 Å². The van der Waals surface area contributed by atoms with E-state index in [-0.39, 0.29) is 0 Å². The highest BCUT2D eigenvalue weighted by molar-refractivity contribution is 7.17. The van der Waals surface area contributed by atoms with Crippen LogP contribution in [0.4, 0.5) is 5.82 Å². The minimum absolute atomic E-state index is 0.414. The van der Waals surface area contributed by atoms with E-state index in [9.17, 15) is 4.79 Å². The van der Waals surface area contributed by atoms with Crippen LogP contribution in [-0.4, -0.2) is 35.6 Å². The largest absolute Gasteiger partial charge is 0.385 e. The second-order valence-electron chi connectivity index (χ2n) is 6.78. The molecule has 2 aromatic heterocycles. The minimum atomic E-state index is -0.543. The van der Waals surface area contributed by atoms with Crippen LogP contribution in [0.5, 0.6) is 0 Å². The predicted molar refractivity (Wildman–Crippen MR) is 108 cm³/mol. The molecule has 1 aliphatic carbocycles. The van der Waals surface area contributed by atoms with Crippen molar-refractivity contribution in [1.29, 1.82) is 0 Å². The summed E-state index contributed by atoms with van der Waals surface area (Å²) in [6.45, 7) is 0.444. The maximum absolute atomic E-state index is 11.9. The Kier molecular flexibility index (Phi) is 5.05. The lowest BCUT2D eigenvalue weighted by molar-refractivity contribution is -0.119. The van der Waals surface area contributed by atoms with Gasteiger partial charge >= 0.3 is 0 Å². The number of methoxy groups -OCH3 is 1. The number of thiophene rings is 1. The average molecular weight is 382 g/mol. The molecule has 1 amide bonds. The van der Waals surface area contributed by atoms with Crippen molar-refractivity contribution in [3.63, 3.8) is 0 Å². The number of carbonyl (C=O) groups excluding carboxylic acids is 1. The molecule has 1 atom stereocenters. The molecule has 0 bridgehead atoms. The van der Waals surface area contributed by atoms with Gasteiger partial charge in [-0.2, -0.15) is 0 Å². The van der Waals surface area contributed by atoms with Gasteiger partial charge < -0.3 is 15.8 Å². The molecular formula is C20H22N4O2S. The molecule has 0 saturated heterocycles. The van der Waals surface area contributed by atoms with Crippen LogP contribution in [0.3, 0.4) is 0 Å². The summed E-state index contributed by atoms with van der Waals surface area (Å²) in [6, 6.07) is 9.60. The van der Waals surface area contributed by atoms with E-state index < -0.39 is 11.9 Å².